The normalized spacial score (nSPS) is 8.88. The molecule has 0 saturated carbocycles. The van der Waals surface area contributed by atoms with E-state index in [4.69, 9.17) is 10.5 Å². The van der Waals surface area contributed by atoms with Gasteiger partial charge in [-0.1, -0.05) is 37.8 Å². The highest BCUT2D eigenvalue weighted by atomic mass is 14.3. The molecule has 0 saturated heterocycles. The Balaban J connectivity index is 3.29. The van der Waals surface area contributed by atoms with E-state index in [1.807, 2.05) is 18.2 Å². The number of rotatable bonds is 9. The van der Waals surface area contributed by atoms with Gasteiger partial charge in [0.05, 0.1) is 0 Å². The number of nitriles is 2. The topological polar surface area (TPSA) is 47.6 Å². The molecule has 0 atom stereocenters. The molecule has 0 aromatic rings. The van der Waals surface area contributed by atoms with E-state index < -0.39 is 0 Å². The predicted molar refractivity (Wildman–Crippen MR) is 66.4 cm³/mol. The summed E-state index contributed by atoms with van der Waals surface area (Å²) in [7, 11) is 0. The van der Waals surface area contributed by atoms with Gasteiger partial charge in [-0.3, -0.25) is 0 Å². The molecule has 86 valence electrons. The van der Waals surface area contributed by atoms with Crippen LogP contribution in [0.4, 0.5) is 0 Å². The van der Waals surface area contributed by atoms with Crippen molar-refractivity contribution in [2.24, 2.45) is 0 Å². The van der Waals surface area contributed by atoms with Crippen LogP contribution in [-0.4, -0.2) is 0 Å². The summed E-state index contributed by atoms with van der Waals surface area (Å²) in [5, 5.41) is 17.0. The number of hydrogen-bond donors (Lipinski definition) is 0. The van der Waals surface area contributed by atoms with Crippen molar-refractivity contribution in [1.82, 2.24) is 0 Å². The minimum absolute atomic E-state index is 0.242. The third kappa shape index (κ3) is 9.03. The van der Waals surface area contributed by atoms with Gasteiger partial charge >= 0.3 is 0 Å². The monoisotopic (exact) mass is 216 g/mol. The van der Waals surface area contributed by atoms with Gasteiger partial charge in [0.1, 0.15) is 17.7 Å². The molecule has 0 aliphatic heterocycles. The van der Waals surface area contributed by atoms with Crippen LogP contribution in [0, 0.1) is 22.7 Å². The van der Waals surface area contributed by atoms with E-state index in [1.54, 1.807) is 6.08 Å². The fraction of sp³-hybridized carbons (Fsp3) is 0.571. The van der Waals surface area contributed by atoms with Gasteiger partial charge in [-0.15, -0.1) is 6.58 Å². The number of nitrogens with zero attached hydrogens (tertiary/aromatic N) is 2. The van der Waals surface area contributed by atoms with Crippen molar-refractivity contribution < 1.29 is 0 Å². The number of allylic oxidation sites excluding steroid dienone is 3. The third-order valence-corrected chi connectivity index (χ3v) is 2.45. The van der Waals surface area contributed by atoms with E-state index in [1.165, 1.54) is 32.1 Å². The molecule has 0 rings (SSSR count). The molecule has 0 aliphatic rings. The summed E-state index contributed by atoms with van der Waals surface area (Å²) >= 11 is 0. The average Bonchev–Trinajstić information content (AvgIpc) is 2.32. The molecule has 0 amide bonds. The van der Waals surface area contributed by atoms with E-state index in [0.29, 0.717) is 0 Å². The Morgan fingerprint density at radius 2 is 1.38 bits per heavy atom. The molecule has 0 unspecified atom stereocenters. The molecule has 2 heteroatoms. The second-order valence-corrected chi connectivity index (χ2v) is 3.83. The maximum absolute atomic E-state index is 8.50. The Bertz CT molecular complexity index is 273. The molecular formula is C14H20N2. The Kier molecular flexibility index (Phi) is 10.4. The smallest absolute Gasteiger partial charge is 0.125 e. The minimum atomic E-state index is 0.242. The van der Waals surface area contributed by atoms with Gasteiger partial charge in [0, 0.05) is 0 Å². The molecule has 0 aliphatic carbocycles. The van der Waals surface area contributed by atoms with Gasteiger partial charge in [-0.25, -0.2) is 0 Å². The van der Waals surface area contributed by atoms with Crippen LogP contribution in [0.2, 0.25) is 0 Å². The van der Waals surface area contributed by atoms with Crippen LogP contribution in [0.1, 0.15) is 51.4 Å². The minimum Gasteiger partial charge on any atom is -0.192 e. The highest BCUT2D eigenvalue weighted by Gasteiger charge is 1.92. The van der Waals surface area contributed by atoms with Gasteiger partial charge in [0.2, 0.25) is 0 Å². The maximum atomic E-state index is 8.50. The van der Waals surface area contributed by atoms with Gasteiger partial charge < -0.3 is 0 Å². The Labute approximate surface area is 98.9 Å². The van der Waals surface area contributed by atoms with Crippen LogP contribution in [-0.2, 0) is 0 Å². The van der Waals surface area contributed by atoms with Gasteiger partial charge in [0.15, 0.2) is 0 Å². The molecule has 0 bridgehead atoms. The molecule has 0 fully saturated rings. The van der Waals surface area contributed by atoms with E-state index in [-0.39, 0.29) is 5.57 Å². The maximum Gasteiger partial charge on any atom is 0.125 e. The highest BCUT2D eigenvalue weighted by molar-refractivity contribution is 5.34. The first-order valence-electron chi connectivity index (χ1n) is 5.96. The molecule has 0 aromatic heterocycles. The SMILES string of the molecule is C=CCCCCCCCCC=C(C#N)C#N. The third-order valence-electron chi connectivity index (χ3n) is 2.45. The first kappa shape index (κ1) is 14.5. The zero-order valence-corrected chi connectivity index (χ0v) is 9.91. The van der Waals surface area contributed by atoms with Gasteiger partial charge in [-0.2, -0.15) is 10.5 Å². The summed E-state index contributed by atoms with van der Waals surface area (Å²) in [5.74, 6) is 0. The fourth-order valence-electron chi connectivity index (χ4n) is 1.50. The van der Waals surface area contributed by atoms with Crippen LogP contribution in [0.25, 0.3) is 0 Å². The van der Waals surface area contributed by atoms with Crippen molar-refractivity contribution in [3.05, 3.63) is 24.3 Å². The van der Waals surface area contributed by atoms with Crippen LogP contribution in [0.3, 0.4) is 0 Å². The molecule has 0 aromatic carbocycles. The lowest BCUT2D eigenvalue weighted by Crippen LogP contribution is -1.80. The molecule has 0 spiro atoms. The summed E-state index contributed by atoms with van der Waals surface area (Å²) in [6.07, 6.45) is 13.0. The second kappa shape index (κ2) is 11.5. The van der Waals surface area contributed by atoms with Crippen LogP contribution in [0.5, 0.6) is 0 Å². The van der Waals surface area contributed by atoms with Crippen LogP contribution < -0.4 is 0 Å². The van der Waals surface area contributed by atoms with Crippen molar-refractivity contribution in [1.29, 1.82) is 10.5 Å². The number of hydrogen-bond acceptors (Lipinski definition) is 2. The standard InChI is InChI=1S/C14H20N2/c1-2-3-4-5-6-7-8-9-10-11-14(12-15)13-16/h2,11H,1,3-10H2. The lowest BCUT2D eigenvalue weighted by Gasteiger charge is -1.98. The Morgan fingerprint density at radius 3 is 1.88 bits per heavy atom. The van der Waals surface area contributed by atoms with Crippen molar-refractivity contribution in [2.75, 3.05) is 0 Å². The summed E-state index contributed by atoms with van der Waals surface area (Å²) in [6, 6.07) is 3.74. The molecule has 16 heavy (non-hydrogen) atoms. The van der Waals surface area contributed by atoms with Gasteiger partial charge in [0.25, 0.3) is 0 Å². The second-order valence-electron chi connectivity index (χ2n) is 3.83. The first-order chi connectivity index (χ1) is 7.85. The van der Waals surface area contributed by atoms with Crippen molar-refractivity contribution >= 4 is 0 Å². The largest absolute Gasteiger partial charge is 0.192 e. The van der Waals surface area contributed by atoms with Crippen LogP contribution >= 0.6 is 0 Å². The lowest BCUT2D eigenvalue weighted by atomic mass is 10.1. The van der Waals surface area contributed by atoms with Crippen LogP contribution in [0.15, 0.2) is 24.3 Å². The van der Waals surface area contributed by atoms with Crippen molar-refractivity contribution in [2.45, 2.75) is 51.4 Å². The fourth-order valence-corrected chi connectivity index (χ4v) is 1.50. The van der Waals surface area contributed by atoms with E-state index in [9.17, 15) is 0 Å². The summed E-state index contributed by atoms with van der Waals surface area (Å²) < 4.78 is 0. The Hall–Kier alpha value is -1.54. The summed E-state index contributed by atoms with van der Waals surface area (Å²) in [5.41, 5.74) is 0.242. The summed E-state index contributed by atoms with van der Waals surface area (Å²) in [4.78, 5) is 0. The van der Waals surface area contributed by atoms with Crippen molar-refractivity contribution in [3.8, 4) is 12.1 Å². The molecule has 2 nitrogen and oxygen atoms in total. The van der Waals surface area contributed by atoms with E-state index in [0.717, 1.165) is 19.3 Å². The average molecular weight is 216 g/mol. The Morgan fingerprint density at radius 1 is 0.875 bits per heavy atom. The number of unbranched alkanes of at least 4 members (excludes halogenated alkanes) is 7. The quantitative estimate of drug-likeness (QED) is 0.328. The highest BCUT2D eigenvalue weighted by Crippen LogP contribution is 2.09. The molecule has 0 radical (unpaired) electrons. The van der Waals surface area contributed by atoms with Crippen molar-refractivity contribution in [3.63, 3.8) is 0 Å². The molecular weight excluding hydrogens is 196 g/mol. The molecule has 0 N–H and O–H groups in total. The van der Waals surface area contributed by atoms with E-state index >= 15 is 0 Å². The summed E-state index contributed by atoms with van der Waals surface area (Å²) in [6.45, 7) is 3.69. The van der Waals surface area contributed by atoms with E-state index in [2.05, 4.69) is 6.58 Å². The predicted octanol–water partition coefficient (Wildman–Crippen LogP) is 4.27. The van der Waals surface area contributed by atoms with Gasteiger partial charge in [-0.05, 0) is 25.7 Å². The lowest BCUT2D eigenvalue weighted by molar-refractivity contribution is 0.600. The molecule has 0 heterocycles. The zero-order chi connectivity index (χ0) is 12.1. The zero-order valence-electron chi connectivity index (χ0n) is 9.91. The first-order valence-corrected chi connectivity index (χ1v) is 5.96.